The first-order valence-corrected chi connectivity index (χ1v) is 14.4. The van der Waals surface area contributed by atoms with Gasteiger partial charge in [0.1, 0.15) is 23.4 Å². The third kappa shape index (κ3) is 10.1. The molecule has 2 rings (SSSR count). The van der Waals surface area contributed by atoms with Gasteiger partial charge in [-0.05, 0) is 88.8 Å². The first-order chi connectivity index (χ1) is 19.6. The van der Waals surface area contributed by atoms with E-state index >= 15 is 0 Å². The van der Waals surface area contributed by atoms with Crippen LogP contribution in [0.1, 0.15) is 88.1 Å². The summed E-state index contributed by atoms with van der Waals surface area (Å²) >= 11 is 0. The zero-order chi connectivity index (χ0) is 31.6. The first-order valence-electron chi connectivity index (χ1n) is 14.4. The molecule has 0 fully saturated rings. The van der Waals surface area contributed by atoms with Crippen molar-refractivity contribution in [1.29, 1.82) is 0 Å². The van der Waals surface area contributed by atoms with Crippen LogP contribution in [0.25, 0.3) is 0 Å². The van der Waals surface area contributed by atoms with Crippen LogP contribution in [0, 0.1) is 20.8 Å². The summed E-state index contributed by atoms with van der Waals surface area (Å²) in [7, 11) is 0. The zero-order valence-electron chi connectivity index (χ0n) is 25.9. The molecule has 5 N–H and O–H groups in total. The van der Waals surface area contributed by atoms with Crippen LogP contribution in [0.5, 0.6) is 5.75 Å². The summed E-state index contributed by atoms with van der Waals surface area (Å²) in [4.78, 5) is 54.3. The van der Waals surface area contributed by atoms with E-state index in [1.165, 1.54) is 11.0 Å². The molecule has 0 radical (unpaired) electrons. The maximum atomic E-state index is 14.3. The number of benzene rings is 2. The van der Waals surface area contributed by atoms with Crippen molar-refractivity contribution >= 4 is 29.5 Å². The van der Waals surface area contributed by atoms with E-state index < -0.39 is 41.5 Å². The van der Waals surface area contributed by atoms with Gasteiger partial charge in [-0.15, -0.1) is 0 Å². The Kier molecular flexibility index (Phi) is 12.4. The number of alkyl carbamates (subject to hydrolysis) is 1. The van der Waals surface area contributed by atoms with Crippen LogP contribution in [0.3, 0.4) is 0 Å². The Bertz CT molecular complexity index is 1250. The fourth-order valence-corrected chi connectivity index (χ4v) is 4.62. The molecule has 0 heterocycles. The van der Waals surface area contributed by atoms with Crippen molar-refractivity contribution in [1.82, 2.24) is 10.2 Å². The van der Waals surface area contributed by atoms with Gasteiger partial charge in [-0.3, -0.25) is 14.4 Å². The van der Waals surface area contributed by atoms with Crippen molar-refractivity contribution in [3.8, 4) is 5.75 Å². The lowest BCUT2D eigenvalue weighted by Crippen LogP contribution is -2.53. The molecule has 4 amide bonds. The molecule has 0 aliphatic carbocycles. The number of phenols is 1. The summed E-state index contributed by atoms with van der Waals surface area (Å²) in [5.74, 6) is -1.57. The highest BCUT2D eigenvalue weighted by Crippen LogP contribution is 2.30. The number of hydrogen-bond acceptors (Lipinski definition) is 6. The highest BCUT2D eigenvalue weighted by molar-refractivity contribution is 6.00. The average Bonchev–Trinajstić information content (AvgIpc) is 2.88. The molecule has 230 valence electrons. The third-order valence-corrected chi connectivity index (χ3v) is 6.78. The number of aryl methyl sites for hydroxylation is 3. The molecule has 10 nitrogen and oxygen atoms in total. The van der Waals surface area contributed by atoms with Crippen LogP contribution in [-0.2, 0) is 19.1 Å². The van der Waals surface area contributed by atoms with Crippen LogP contribution < -0.4 is 16.4 Å². The smallest absolute Gasteiger partial charge is 0.408 e. The minimum absolute atomic E-state index is 0.0578. The van der Waals surface area contributed by atoms with Crippen LogP contribution >= 0.6 is 0 Å². The number of hydrogen-bond donors (Lipinski definition) is 4. The van der Waals surface area contributed by atoms with E-state index in [9.17, 15) is 24.3 Å². The van der Waals surface area contributed by atoms with Crippen LogP contribution in [0.15, 0.2) is 36.4 Å². The van der Waals surface area contributed by atoms with E-state index in [1.54, 1.807) is 39.8 Å². The van der Waals surface area contributed by atoms with Gasteiger partial charge in [0, 0.05) is 18.7 Å². The van der Waals surface area contributed by atoms with E-state index in [2.05, 4.69) is 10.6 Å². The molecule has 0 aliphatic heterocycles. The molecule has 2 atom stereocenters. The maximum absolute atomic E-state index is 14.3. The fourth-order valence-electron chi connectivity index (χ4n) is 4.62. The molecule has 0 aromatic heterocycles. The highest BCUT2D eigenvalue weighted by atomic mass is 16.6. The van der Waals surface area contributed by atoms with Gasteiger partial charge in [-0.25, -0.2) is 4.79 Å². The van der Waals surface area contributed by atoms with Gasteiger partial charge in [0.25, 0.3) is 5.91 Å². The number of rotatable bonds is 13. The Balaban J connectivity index is 2.63. The Morgan fingerprint density at radius 1 is 1.00 bits per heavy atom. The van der Waals surface area contributed by atoms with E-state index in [0.717, 1.165) is 24.0 Å². The van der Waals surface area contributed by atoms with Crippen molar-refractivity contribution < 1.29 is 29.0 Å². The van der Waals surface area contributed by atoms with E-state index in [0.29, 0.717) is 23.2 Å². The molecular weight excluding hydrogens is 536 g/mol. The van der Waals surface area contributed by atoms with Gasteiger partial charge in [0.15, 0.2) is 0 Å². The second-order valence-electron chi connectivity index (χ2n) is 11.6. The number of carbonyl (C=O) groups is 4. The molecule has 2 unspecified atom stereocenters. The van der Waals surface area contributed by atoms with E-state index in [-0.39, 0.29) is 25.1 Å². The molecule has 0 saturated heterocycles. The summed E-state index contributed by atoms with van der Waals surface area (Å²) in [5.41, 5.74) is 7.96. The quantitative estimate of drug-likeness (QED) is 0.239. The largest absolute Gasteiger partial charge is 0.508 e. The Morgan fingerprint density at radius 2 is 1.64 bits per heavy atom. The van der Waals surface area contributed by atoms with Crippen LogP contribution in [-0.4, -0.2) is 52.0 Å². The van der Waals surface area contributed by atoms with Crippen molar-refractivity contribution in [3.05, 3.63) is 58.7 Å². The summed E-state index contributed by atoms with van der Waals surface area (Å²) in [6.45, 7) is 12.8. The predicted molar refractivity (Wildman–Crippen MR) is 163 cm³/mol. The summed E-state index contributed by atoms with van der Waals surface area (Å²) in [6.07, 6.45) is 1.22. The molecular formula is C32H46N4O6. The summed E-state index contributed by atoms with van der Waals surface area (Å²) in [6, 6.07) is 8.15. The van der Waals surface area contributed by atoms with Crippen molar-refractivity contribution in [2.24, 2.45) is 5.73 Å². The number of anilines is 1. The number of carbonyl (C=O) groups excluding carboxylic acids is 4. The van der Waals surface area contributed by atoms with Crippen molar-refractivity contribution in [3.63, 3.8) is 0 Å². The number of para-hydroxylation sites is 1. The standard InChI is InChI=1S/C32H46N4O6/c1-8-9-10-18-36(30(40)24(15-17-26(33)38)34-31(41)42-32(5,6)7)28(23-14-16-25(37)22(4)19-23)29(39)35-27-20(2)12-11-13-21(27)3/h11-14,16,19,24,28,37H,8-10,15,17-18H2,1-7H3,(H2,33,38)(H,34,41)(H,35,39). The number of amides is 4. The molecule has 42 heavy (non-hydrogen) atoms. The van der Waals surface area contributed by atoms with Crippen LogP contribution in [0.4, 0.5) is 10.5 Å². The number of nitrogens with one attached hydrogen (secondary N) is 2. The Labute approximate surface area is 249 Å². The Hall–Kier alpha value is -4.08. The van der Waals surface area contributed by atoms with Crippen molar-refractivity contribution in [2.75, 3.05) is 11.9 Å². The lowest BCUT2D eigenvalue weighted by Gasteiger charge is -2.35. The highest BCUT2D eigenvalue weighted by Gasteiger charge is 2.36. The minimum atomic E-state index is -1.18. The summed E-state index contributed by atoms with van der Waals surface area (Å²) in [5, 5.41) is 15.8. The average molecular weight is 583 g/mol. The molecule has 10 heteroatoms. The topological polar surface area (TPSA) is 151 Å². The van der Waals surface area contributed by atoms with Crippen molar-refractivity contribution in [2.45, 2.75) is 98.3 Å². The van der Waals surface area contributed by atoms with Crippen LogP contribution in [0.2, 0.25) is 0 Å². The van der Waals surface area contributed by atoms with Gasteiger partial charge in [-0.2, -0.15) is 0 Å². The number of nitrogens with zero attached hydrogens (tertiary/aromatic N) is 1. The molecule has 0 bridgehead atoms. The third-order valence-electron chi connectivity index (χ3n) is 6.78. The second kappa shape index (κ2) is 15.2. The SMILES string of the molecule is CCCCCN(C(=O)C(CCC(N)=O)NC(=O)OC(C)(C)C)C(C(=O)Nc1c(C)cccc1C)c1ccc(O)c(C)c1. The first kappa shape index (κ1) is 34.1. The number of phenolic OH excluding ortho intramolecular Hbond substituents is 1. The number of nitrogens with two attached hydrogens (primary N) is 1. The second-order valence-corrected chi connectivity index (χ2v) is 11.6. The zero-order valence-corrected chi connectivity index (χ0v) is 25.9. The fraction of sp³-hybridized carbons (Fsp3) is 0.500. The number of primary amides is 1. The number of unbranched alkanes of at least 4 members (excludes halogenated alkanes) is 2. The van der Waals surface area contributed by atoms with E-state index in [4.69, 9.17) is 10.5 Å². The maximum Gasteiger partial charge on any atom is 0.408 e. The van der Waals surface area contributed by atoms with Gasteiger partial charge in [0.05, 0.1) is 0 Å². The number of ether oxygens (including phenoxy) is 1. The number of aromatic hydroxyl groups is 1. The monoisotopic (exact) mass is 582 g/mol. The van der Waals surface area contributed by atoms with Gasteiger partial charge < -0.3 is 31.1 Å². The van der Waals surface area contributed by atoms with E-state index in [1.807, 2.05) is 39.0 Å². The Morgan fingerprint density at radius 3 is 2.19 bits per heavy atom. The molecule has 0 saturated carbocycles. The lowest BCUT2D eigenvalue weighted by atomic mass is 9.98. The molecule has 2 aromatic carbocycles. The summed E-state index contributed by atoms with van der Waals surface area (Å²) < 4.78 is 5.39. The predicted octanol–water partition coefficient (Wildman–Crippen LogP) is 5.17. The lowest BCUT2D eigenvalue weighted by molar-refractivity contribution is -0.141. The molecule has 2 aromatic rings. The van der Waals surface area contributed by atoms with Gasteiger partial charge in [0.2, 0.25) is 11.8 Å². The van der Waals surface area contributed by atoms with Gasteiger partial charge >= 0.3 is 6.09 Å². The van der Waals surface area contributed by atoms with Gasteiger partial charge in [-0.1, -0.05) is 44.0 Å². The normalized spacial score (nSPS) is 12.6. The molecule has 0 aliphatic rings. The minimum Gasteiger partial charge on any atom is -0.508 e. The molecule has 0 spiro atoms.